The number of hydrogen-bond donors (Lipinski definition) is 1. The summed E-state index contributed by atoms with van der Waals surface area (Å²) in [6.07, 6.45) is 3.61. The Kier molecular flexibility index (Phi) is 8.44. The van der Waals surface area contributed by atoms with E-state index >= 15 is 0 Å². The fourth-order valence-corrected chi connectivity index (χ4v) is 4.70. The van der Waals surface area contributed by atoms with Crippen molar-refractivity contribution in [2.45, 2.75) is 51.4 Å². The lowest BCUT2D eigenvalue weighted by molar-refractivity contribution is 0.135. The Hall–Kier alpha value is -3.57. The molecule has 188 valence electrons. The van der Waals surface area contributed by atoms with E-state index in [1.807, 2.05) is 60.7 Å². The largest absolute Gasteiger partial charge is 0.497 e. The lowest BCUT2D eigenvalue weighted by Crippen LogP contribution is -2.37. The lowest BCUT2D eigenvalue weighted by atomic mass is 9.97. The molecule has 4 rings (SSSR count). The van der Waals surface area contributed by atoms with Gasteiger partial charge in [-0.2, -0.15) is 0 Å². The molecule has 5 heteroatoms. The molecule has 1 heterocycles. The number of likely N-dealkylation sites (tertiary alicyclic amines) is 1. The van der Waals surface area contributed by atoms with Gasteiger partial charge in [-0.25, -0.2) is 4.79 Å². The molecule has 0 radical (unpaired) electrons. The zero-order valence-electron chi connectivity index (χ0n) is 21.4. The second-order valence-corrected chi connectivity index (χ2v) is 9.96. The van der Waals surface area contributed by atoms with Crippen molar-refractivity contribution in [1.29, 1.82) is 0 Å². The van der Waals surface area contributed by atoms with Crippen LogP contribution >= 0.6 is 0 Å². The van der Waals surface area contributed by atoms with Gasteiger partial charge in [0.05, 0.1) is 13.2 Å². The molecule has 1 N–H and O–H groups in total. The van der Waals surface area contributed by atoms with E-state index in [1.54, 1.807) is 7.11 Å². The minimum absolute atomic E-state index is 0.0655. The Labute approximate surface area is 214 Å². The van der Waals surface area contributed by atoms with Gasteiger partial charge < -0.3 is 14.8 Å². The van der Waals surface area contributed by atoms with Crippen LogP contribution in [0.4, 0.5) is 4.79 Å². The van der Waals surface area contributed by atoms with Crippen LogP contribution in [-0.4, -0.2) is 30.2 Å². The standard InChI is InChI=1S/C31H36N2O3/c1-31(2)20-26(22-33(31)21-24-14-17-28(35-3)18-15-24)16-19-29(27-12-8-5-9-13-27)32-30(34)36-23-25-10-6-4-7-11-25/h4-18,29H,19-23H2,1-3H3,(H,32,34)/b26-16+. The molecule has 0 aliphatic carbocycles. The highest BCUT2D eigenvalue weighted by Crippen LogP contribution is 2.34. The van der Waals surface area contributed by atoms with Crippen LogP contribution in [0.1, 0.15) is 49.4 Å². The molecular weight excluding hydrogens is 448 g/mol. The number of hydrogen-bond acceptors (Lipinski definition) is 4. The van der Waals surface area contributed by atoms with Gasteiger partial charge in [0.1, 0.15) is 12.4 Å². The fraction of sp³-hybridized carbons (Fsp3) is 0.323. The molecule has 1 saturated heterocycles. The van der Waals surface area contributed by atoms with Crippen molar-refractivity contribution in [2.75, 3.05) is 13.7 Å². The highest BCUT2D eigenvalue weighted by atomic mass is 16.5. The number of carbonyl (C=O) groups is 1. The van der Waals surface area contributed by atoms with E-state index in [9.17, 15) is 4.79 Å². The van der Waals surface area contributed by atoms with E-state index in [0.29, 0.717) is 6.42 Å². The van der Waals surface area contributed by atoms with Crippen LogP contribution in [0.25, 0.3) is 0 Å². The molecule has 0 aromatic heterocycles. The molecule has 0 spiro atoms. The van der Waals surface area contributed by atoms with Crippen LogP contribution < -0.4 is 10.1 Å². The summed E-state index contributed by atoms with van der Waals surface area (Å²) < 4.78 is 10.8. The van der Waals surface area contributed by atoms with Crippen molar-refractivity contribution in [3.05, 3.63) is 113 Å². The number of nitrogens with one attached hydrogen (secondary N) is 1. The molecule has 36 heavy (non-hydrogen) atoms. The summed E-state index contributed by atoms with van der Waals surface area (Å²) in [4.78, 5) is 15.1. The van der Waals surface area contributed by atoms with Crippen molar-refractivity contribution in [1.82, 2.24) is 10.2 Å². The number of nitrogens with zero attached hydrogens (tertiary/aromatic N) is 1. The summed E-state index contributed by atoms with van der Waals surface area (Å²) in [6.45, 7) is 6.65. The van der Waals surface area contributed by atoms with Crippen LogP contribution in [-0.2, 0) is 17.9 Å². The summed E-state index contributed by atoms with van der Waals surface area (Å²) >= 11 is 0. The van der Waals surface area contributed by atoms with Gasteiger partial charge in [0.2, 0.25) is 0 Å². The first-order chi connectivity index (χ1) is 17.4. The van der Waals surface area contributed by atoms with Gasteiger partial charge in [0.15, 0.2) is 0 Å². The maximum absolute atomic E-state index is 12.6. The smallest absolute Gasteiger partial charge is 0.407 e. The van der Waals surface area contributed by atoms with Gasteiger partial charge >= 0.3 is 6.09 Å². The highest BCUT2D eigenvalue weighted by molar-refractivity contribution is 5.68. The second-order valence-electron chi connectivity index (χ2n) is 9.96. The first kappa shape index (κ1) is 25.5. The predicted molar refractivity (Wildman–Crippen MR) is 144 cm³/mol. The molecule has 3 aromatic carbocycles. The Morgan fingerprint density at radius 1 is 0.972 bits per heavy atom. The van der Waals surface area contributed by atoms with Gasteiger partial charge in [0, 0.05) is 18.6 Å². The third-order valence-electron chi connectivity index (χ3n) is 6.79. The van der Waals surface area contributed by atoms with Crippen LogP contribution in [0.5, 0.6) is 5.75 Å². The van der Waals surface area contributed by atoms with Gasteiger partial charge in [-0.1, -0.05) is 84.4 Å². The second kappa shape index (κ2) is 11.9. The first-order valence-electron chi connectivity index (χ1n) is 12.5. The summed E-state index contributed by atoms with van der Waals surface area (Å²) in [7, 11) is 1.69. The number of amides is 1. The molecule has 1 aliphatic rings. The average Bonchev–Trinajstić information content (AvgIpc) is 3.19. The van der Waals surface area contributed by atoms with Gasteiger partial charge in [-0.05, 0) is 55.5 Å². The van der Waals surface area contributed by atoms with Gasteiger partial charge in [-0.3, -0.25) is 4.90 Å². The first-order valence-corrected chi connectivity index (χ1v) is 12.5. The molecule has 5 nitrogen and oxygen atoms in total. The molecule has 1 atom stereocenters. The highest BCUT2D eigenvalue weighted by Gasteiger charge is 2.34. The van der Waals surface area contributed by atoms with Crippen molar-refractivity contribution in [2.24, 2.45) is 0 Å². The number of alkyl carbamates (subject to hydrolysis) is 1. The van der Waals surface area contributed by atoms with Crippen LogP contribution in [0, 0.1) is 0 Å². The Morgan fingerprint density at radius 2 is 1.64 bits per heavy atom. The molecule has 3 aromatic rings. The van der Waals surface area contributed by atoms with Crippen molar-refractivity contribution in [3.63, 3.8) is 0 Å². The number of rotatable bonds is 9. The van der Waals surface area contributed by atoms with Crippen LogP contribution in [0.3, 0.4) is 0 Å². The van der Waals surface area contributed by atoms with E-state index < -0.39 is 6.09 Å². The van der Waals surface area contributed by atoms with Gasteiger partial charge in [0.25, 0.3) is 0 Å². The minimum Gasteiger partial charge on any atom is -0.497 e. The zero-order chi connectivity index (χ0) is 25.4. The maximum atomic E-state index is 12.6. The topological polar surface area (TPSA) is 50.8 Å². The van der Waals surface area contributed by atoms with Crippen LogP contribution in [0.15, 0.2) is 96.6 Å². The van der Waals surface area contributed by atoms with Crippen molar-refractivity contribution >= 4 is 6.09 Å². The lowest BCUT2D eigenvalue weighted by Gasteiger charge is -2.31. The molecule has 1 unspecified atom stereocenters. The van der Waals surface area contributed by atoms with E-state index in [0.717, 1.165) is 36.4 Å². The summed E-state index contributed by atoms with van der Waals surface area (Å²) in [6, 6.07) is 28.0. The molecular formula is C31H36N2O3. The van der Waals surface area contributed by atoms with E-state index in [4.69, 9.17) is 9.47 Å². The third kappa shape index (κ3) is 6.98. The predicted octanol–water partition coefficient (Wildman–Crippen LogP) is 6.66. The summed E-state index contributed by atoms with van der Waals surface area (Å²) in [5.41, 5.74) is 4.77. The molecule has 0 bridgehead atoms. The molecule has 1 amide bonds. The zero-order valence-corrected chi connectivity index (χ0v) is 21.4. The van der Waals surface area contributed by atoms with Gasteiger partial charge in [-0.15, -0.1) is 0 Å². The van der Waals surface area contributed by atoms with Crippen molar-refractivity contribution in [3.8, 4) is 5.75 Å². The number of methoxy groups -OCH3 is 1. The average molecular weight is 485 g/mol. The Morgan fingerprint density at radius 3 is 2.31 bits per heavy atom. The molecule has 1 fully saturated rings. The normalized spacial score (nSPS) is 17.0. The number of ether oxygens (including phenoxy) is 2. The Bertz CT molecular complexity index is 1140. The number of carbonyl (C=O) groups excluding carboxylic acids is 1. The van der Waals surface area contributed by atoms with Crippen molar-refractivity contribution < 1.29 is 14.3 Å². The van der Waals surface area contributed by atoms with Crippen LogP contribution in [0.2, 0.25) is 0 Å². The van der Waals surface area contributed by atoms with E-state index in [2.05, 4.69) is 54.4 Å². The SMILES string of the molecule is COc1ccc(CN2C/C(=C/CC(NC(=O)OCc3ccccc3)c3ccccc3)CC2(C)C)cc1. The summed E-state index contributed by atoms with van der Waals surface area (Å²) in [5, 5.41) is 3.08. The fourth-order valence-electron chi connectivity index (χ4n) is 4.70. The minimum atomic E-state index is -0.404. The number of benzene rings is 3. The third-order valence-corrected chi connectivity index (χ3v) is 6.79. The Balaban J connectivity index is 1.40. The quantitative estimate of drug-likeness (QED) is 0.345. The van der Waals surface area contributed by atoms with E-state index in [1.165, 1.54) is 11.1 Å². The molecule has 1 aliphatic heterocycles. The van der Waals surface area contributed by atoms with E-state index in [-0.39, 0.29) is 18.2 Å². The monoisotopic (exact) mass is 484 g/mol. The summed E-state index contributed by atoms with van der Waals surface area (Å²) in [5.74, 6) is 0.877. The maximum Gasteiger partial charge on any atom is 0.407 e. The molecule has 0 saturated carbocycles.